The van der Waals surface area contributed by atoms with Gasteiger partial charge in [-0.3, -0.25) is 0 Å². The molecular weight excluding hydrogens is 250 g/mol. The molecule has 0 radical (unpaired) electrons. The Hall–Kier alpha value is -1.06. The third kappa shape index (κ3) is 6.40. The molecule has 1 atom stereocenters. The van der Waals surface area contributed by atoms with E-state index >= 15 is 0 Å². The zero-order valence-electron chi connectivity index (χ0n) is 13.3. The zero-order chi connectivity index (χ0) is 14.8. The second kappa shape index (κ2) is 9.78. The minimum absolute atomic E-state index is 0.526. The molecule has 0 aliphatic carbocycles. The molecule has 1 rings (SSSR count). The lowest BCUT2D eigenvalue weighted by Gasteiger charge is -2.20. The van der Waals surface area contributed by atoms with Gasteiger partial charge < -0.3 is 14.8 Å². The van der Waals surface area contributed by atoms with Crippen molar-refractivity contribution in [3.05, 3.63) is 29.8 Å². The molecule has 0 fully saturated rings. The van der Waals surface area contributed by atoms with Crippen LogP contribution in [0, 0.1) is 5.92 Å². The van der Waals surface area contributed by atoms with Gasteiger partial charge in [0.15, 0.2) is 0 Å². The molecule has 3 heteroatoms. The van der Waals surface area contributed by atoms with Crippen LogP contribution >= 0.6 is 0 Å². The fraction of sp³-hybridized carbons (Fsp3) is 0.647. The first-order valence-electron chi connectivity index (χ1n) is 7.51. The molecule has 0 saturated heterocycles. The van der Waals surface area contributed by atoms with Crippen LogP contribution < -0.4 is 10.1 Å². The van der Waals surface area contributed by atoms with Crippen molar-refractivity contribution in [2.24, 2.45) is 5.92 Å². The first-order chi connectivity index (χ1) is 9.67. The van der Waals surface area contributed by atoms with Crippen molar-refractivity contribution >= 4 is 0 Å². The van der Waals surface area contributed by atoms with Crippen LogP contribution in [0.15, 0.2) is 24.3 Å². The van der Waals surface area contributed by atoms with E-state index in [2.05, 4.69) is 31.3 Å². The van der Waals surface area contributed by atoms with Crippen molar-refractivity contribution in [2.45, 2.75) is 39.2 Å². The van der Waals surface area contributed by atoms with Crippen LogP contribution in [0.5, 0.6) is 5.75 Å². The predicted octanol–water partition coefficient (Wildman–Crippen LogP) is 3.28. The van der Waals surface area contributed by atoms with Crippen LogP contribution in [0.4, 0.5) is 0 Å². The van der Waals surface area contributed by atoms with Crippen molar-refractivity contribution < 1.29 is 9.47 Å². The van der Waals surface area contributed by atoms with E-state index in [0.717, 1.165) is 31.7 Å². The molecule has 0 heterocycles. The lowest BCUT2D eigenvalue weighted by molar-refractivity contribution is 0.186. The van der Waals surface area contributed by atoms with Crippen LogP contribution in [-0.4, -0.2) is 33.4 Å². The topological polar surface area (TPSA) is 30.5 Å². The average Bonchev–Trinajstić information content (AvgIpc) is 2.45. The minimum Gasteiger partial charge on any atom is -0.496 e. The Morgan fingerprint density at radius 1 is 1.15 bits per heavy atom. The van der Waals surface area contributed by atoms with Gasteiger partial charge in [-0.1, -0.05) is 32.0 Å². The summed E-state index contributed by atoms with van der Waals surface area (Å²) >= 11 is 0. The SMILES string of the molecule is COCCCC(CNC(C)C)Cc1ccccc1OC. The molecule has 0 aliphatic heterocycles. The summed E-state index contributed by atoms with van der Waals surface area (Å²) in [7, 11) is 3.51. The van der Waals surface area contributed by atoms with E-state index in [4.69, 9.17) is 9.47 Å². The molecule has 1 aromatic rings. The molecule has 0 bridgehead atoms. The van der Waals surface area contributed by atoms with Crippen molar-refractivity contribution in [2.75, 3.05) is 27.4 Å². The molecule has 1 unspecified atom stereocenters. The Morgan fingerprint density at radius 2 is 1.90 bits per heavy atom. The maximum absolute atomic E-state index is 5.45. The molecular formula is C17H29NO2. The molecule has 3 nitrogen and oxygen atoms in total. The normalized spacial score (nSPS) is 12.7. The van der Waals surface area contributed by atoms with Gasteiger partial charge in [0.2, 0.25) is 0 Å². The van der Waals surface area contributed by atoms with Gasteiger partial charge in [-0.05, 0) is 43.4 Å². The van der Waals surface area contributed by atoms with Crippen LogP contribution in [0.3, 0.4) is 0 Å². The average molecular weight is 279 g/mol. The fourth-order valence-corrected chi connectivity index (χ4v) is 2.38. The van der Waals surface area contributed by atoms with E-state index in [-0.39, 0.29) is 0 Å². The van der Waals surface area contributed by atoms with Gasteiger partial charge in [0.05, 0.1) is 7.11 Å². The zero-order valence-corrected chi connectivity index (χ0v) is 13.3. The van der Waals surface area contributed by atoms with Crippen molar-refractivity contribution in [1.29, 1.82) is 0 Å². The Labute approximate surface area is 123 Å². The van der Waals surface area contributed by atoms with Gasteiger partial charge in [0.25, 0.3) is 0 Å². The number of ether oxygens (including phenoxy) is 2. The van der Waals surface area contributed by atoms with Crippen LogP contribution in [0.1, 0.15) is 32.3 Å². The number of hydrogen-bond donors (Lipinski definition) is 1. The summed E-state index contributed by atoms with van der Waals surface area (Å²) < 4.78 is 10.6. The number of benzene rings is 1. The van der Waals surface area contributed by atoms with E-state index in [1.165, 1.54) is 12.0 Å². The third-order valence-electron chi connectivity index (χ3n) is 3.48. The molecule has 1 aromatic carbocycles. The van der Waals surface area contributed by atoms with E-state index in [0.29, 0.717) is 12.0 Å². The third-order valence-corrected chi connectivity index (χ3v) is 3.48. The van der Waals surface area contributed by atoms with Gasteiger partial charge in [0.1, 0.15) is 5.75 Å². The van der Waals surface area contributed by atoms with E-state index < -0.39 is 0 Å². The molecule has 0 saturated carbocycles. The highest BCUT2D eigenvalue weighted by molar-refractivity contribution is 5.33. The molecule has 0 amide bonds. The van der Waals surface area contributed by atoms with Crippen molar-refractivity contribution in [3.8, 4) is 5.75 Å². The van der Waals surface area contributed by atoms with Crippen molar-refractivity contribution in [3.63, 3.8) is 0 Å². The first-order valence-corrected chi connectivity index (χ1v) is 7.51. The Balaban J connectivity index is 2.61. The number of rotatable bonds is 10. The maximum atomic E-state index is 5.45. The highest BCUT2D eigenvalue weighted by Gasteiger charge is 2.13. The molecule has 0 aliphatic rings. The summed E-state index contributed by atoms with van der Waals surface area (Å²) in [5, 5.41) is 3.55. The van der Waals surface area contributed by atoms with Gasteiger partial charge >= 0.3 is 0 Å². The second-order valence-corrected chi connectivity index (χ2v) is 5.58. The minimum atomic E-state index is 0.526. The molecule has 0 spiro atoms. The van der Waals surface area contributed by atoms with Crippen LogP contribution in [0.2, 0.25) is 0 Å². The Kier molecular flexibility index (Phi) is 8.31. The summed E-state index contributed by atoms with van der Waals surface area (Å²) in [4.78, 5) is 0. The predicted molar refractivity (Wildman–Crippen MR) is 84.4 cm³/mol. The molecule has 114 valence electrons. The fourth-order valence-electron chi connectivity index (χ4n) is 2.38. The molecule has 1 N–H and O–H groups in total. The van der Waals surface area contributed by atoms with E-state index in [9.17, 15) is 0 Å². The summed E-state index contributed by atoms with van der Waals surface area (Å²) in [6.45, 7) is 6.26. The highest BCUT2D eigenvalue weighted by atomic mass is 16.5. The van der Waals surface area contributed by atoms with Gasteiger partial charge in [-0.15, -0.1) is 0 Å². The second-order valence-electron chi connectivity index (χ2n) is 5.58. The van der Waals surface area contributed by atoms with Crippen LogP contribution in [-0.2, 0) is 11.2 Å². The Bertz CT molecular complexity index is 366. The largest absolute Gasteiger partial charge is 0.496 e. The van der Waals surface area contributed by atoms with E-state index in [1.807, 2.05) is 12.1 Å². The van der Waals surface area contributed by atoms with Crippen LogP contribution in [0.25, 0.3) is 0 Å². The van der Waals surface area contributed by atoms with Crippen molar-refractivity contribution in [1.82, 2.24) is 5.32 Å². The summed E-state index contributed by atoms with van der Waals surface area (Å²) in [5.74, 6) is 1.61. The van der Waals surface area contributed by atoms with Gasteiger partial charge in [0, 0.05) is 19.8 Å². The number of methoxy groups -OCH3 is 2. The molecule has 20 heavy (non-hydrogen) atoms. The smallest absolute Gasteiger partial charge is 0.122 e. The monoisotopic (exact) mass is 279 g/mol. The lowest BCUT2D eigenvalue weighted by Crippen LogP contribution is -2.30. The first kappa shape index (κ1) is 17.0. The maximum Gasteiger partial charge on any atom is 0.122 e. The standard InChI is InChI=1S/C17H29NO2/c1-14(2)18-13-15(8-7-11-19-3)12-16-9-5-6-10-17(16)20-4/h5-6,9-10,14-15,18H,7-8,11-13H2,1-4H3. The Morgan fingerprint density at radius 3 is 2.55 bits per heavy atom. The number of para-hydroxylation sites is 1. The quantitative estimate of drug-likeness (QED) is 0.667. The van der Waals surface area contributed by atoms with Gasteiger partial charge in [-0.25, -0.2) is 0 Å². The summed E-state index contributed by atoms with van der Waals surface area (Å²) in [6, 6.07) is 8.83. The van der Waals surface area contributed by atoms with Gasteiger partial charge in [-0.2, -0.15) is 0 Å². The lowest BCUT2D eigenvalue weighted by atomic mass is 9.94. The summed E-state index contributed by atoms with van der Waals surface area (Å²) in [6.07, 6.45) is 3.33. The number of hydrogen-bond acceptors (Lipinski definition) is 3. The highest BCUT2D eigenvalue weighted by Crippen LogP contribution is 2.22. The van der Waals surface area contributed by atoms with E-state index in [1.54, 1.807) is 14.2 Å². The molecule has 0 aromatic heterocycles. The number of nitrogens with one attached hydrogen (secondary N) is 1. The summed E-state index contributed by atoms with van der Waals surface area (Å²) in [5.41, 5.74) is 1.29.